The molecule has 188 valence electrons. The van der Waals surface area contributed by atoms with Crippen molar-refractivity contribution >= 4 is 33.3 Å². The number of aryl methyl sites for hydroxylation is 1. The van der Waals surface area contributed by atoms with Gasteiger partial charge in [0.25, 0.3) is 0 Å². The van der Waals surface area contributed by atoms with Crippen LogP contribution in [0.15, 0.2) is 59.3 Å². The van der Waals surface area contributed by atoms with Crippen LogP contribution in [0.5, 0.6) is 0 Å². The monoisotopic (exact) mass is 497 g/mol. The highest BCUT2D eigenvalue weighted by Crippen LogP contribution is 2.30. The van der Waals surface area contributed by atoms with Crippen LogP contribution in [0.2, 0.25) is 0 Å². The van der Waals surface area contributed by atoms with Crippen molar-refractivity contribution in [3.63, 3.8) is 0 Å². The summed E-state index contributed by atoms with van der Waals surface area (Å²) >= 11 is 1.72. The summed E-state index contributed by atoms with van der Waals surface area (Å²) in [5.74, 6) is 0.974. The van der Waals surface area contributed by atoms with E-state index in [-0.39, 0.29) is 12.5 Å². The van der Waals surface area contributed by atoms with Gasteiger partial charge in [0.1, 0.15) is 23.6 Å². The Morgan fingerprint density at radius 3 is 2.77 bits per heavy atom. The Labute approximate surface area is 211 Å². The van der Waals surface area contributed by atoms with Gasteiger partial charge in [0.15, 0.2) is 0 Å². The second-order valence-corrected chi connectivity index (χ2v) is 8.87. The van der Waals surface area contributed by atoms with Crippen molar-refractivity contribution in [1.82, 2.24) is 19.9 Å². The summed E-state index contributed by atoms with van der Waals surface area (Å²) in [5, 5.41) is 11.0. The SMILES string of the molecule is C=C/C=C\C1=CN(CCOCC(=O)N2CCN(c3ncnc4sc(CC)cc34)CC2)N=NC1.CC. The van der Waals surface area contributed by atoms with E-state index >= 15 is 0 Å². The first kappa shape index (κ1) is 26.5. The zero-order valence-corrected chi connectivity index (χ0v) is 21.7. The number of aromatic nitrogens is 2. The van der Waals surface area contributed by atoms with E-state index in [9.17, 15) is 4.79 Å². The first-order valence-electron chi connectivity index (χ1n) is 12.2. The molecule has 2 aliphatic rings. The second-order valence-electron chi connectivity index (χ2n) is 7.75. The lowest BCUT2D eigenvalue weighted by Crippen LogP contribution is -2.50. The lowest BCUT2D eigenvalue weighted by atomic mass is 10.2. The summed E-state index contributed by atoms with van der Waals surface area (Å²) in [6.07, 6.45) is 10.1. The van der Waals surface area contributed by atoms with Crippen molar-refractivity contribution in [2.45, 2.75) is 27.2 Å². The fraction of sp³-hybridized carbons (Fsp3) is 0.480. The number of thiophene rings is 1. The van der Waals surface area contributed by atoms with E-state index in [1.165, 1.54) is 4.88 Å². The second kappa shape index (κ2) is 13.7. The fourth-order valence-electron chi connectivity index (χ4n) is 3.74. The molecule has 0 aliphatic carbocycles. The van der Waals surface area contributed by atoms with E-state index < -0.39 is 0 Å². The highest BCUT2D eigenvalue weighted by atomic mass is 32.1. The van der Waals surface area contributed by atoms with E-state index in [1.807, 2.05) is 37.1 Å². The van der Waals surface area contributed by atoms with E-state index in [1.54, 1.807) is 28.7 Å². The molecule has 1 fully saturated rings. The zero-order valence-electron chi connectivity index (χ0n) is 20.9. The van der Waals surface area contributed by atoms with Crippen molar-refractivity contribution < 1.29 is 9.53 Å². The third kappa shape index (κ3) is 7.19. The number of anilines is 1. The first-order valence-corrected chi connectivity index (χ1v) is 13.0. The summed E-state index contributed by atoms with van der Waals surface area (Å²) in [4.78, 5) is 28.0. The van der Waals surface area contributed by atoms with E-state index in [0.29, 0.717) is 32.8 Å². The smallest absolute Gasteiger partial charge is 0.248 e. The number of carbonyl (C=O) groups excluding carboxylic acids is 1. The van der Waals surface area contributed by atoms with Gasteiger partial charge in [-0.25, -0.2) is 9.97 Å². The quantitative estimate of drug-likeness (QED) is 0.380. The van der Waals surface area contributed by atoms with Crippen LogP contribution in [0.25, 0.3) is 10.2 Å². The Morgan fingerprint density at radius 1 is 1.23 bits per heavy atom. The molecule has 2 aliphatic heterocycles. The van der Waals surface area contributed by atoms with Gasteiger partial charge in [-0.2, -0.15) is 5.11 Å². The summed E-state index contributed by atoms with van der Waals surface area (Å²) in [7, 11) is 0. The first-order chi connectivity index (χ1) is 17.2. The van der Waals surface area contributed by atoms with Crippen LogP contribution < -0.4 is 4.90 Å². The Hall–Kier alpha value is -3.11. The minimum Gasteiger partial charge on any atom is -0.370 e. The predicted octanol–water partition coefficient (Wildman–Crippen LogP) is 4.25. The van der Waals surface area contributed by atoms with E-state index in [0.717, 1.165) is 41.1 Å². The maximum Gasteiger partial charge on any atom is 0.248 e. The number of fused-ring (bicyclic) bond motifs is 1. The van der Waals surface area contributed by atoms with Crippen molar-refractivity contribution in [1.29, 1.82) is 0 Å². The number of piperazine rings is 1. The van der Waals surface area contributed by atoms with Crippen LogP contribution in [0, 0.1) is 0 Å². The normalized spacial score (nSPS) is 15.9. The number of allylic oxidation sites excluding steroid dienone is 2. The number of nitrogens with zero attached hydrogens (tertiary/aromatic N) is 7. The molecule has 0 atom stereocenters. The van der Waals surface area contributed by atoms with Gasteiger partial charge in [-0.15, -0.1) is 11.3 Å². The molecule has 0 aromatic carbocycles. The predicted molar refractivity (Wildman–Crippen MR) is 142 cm³/mol. The molecule has 0 N–H and O–H groups in total. The van der Waals surface area contributed by atoms with Gasteiger partial charge in [0, 0.05) is 37.3 Å². The minimum atomic E-state index is 0.0108. The molecule has 1 saturated heterocycles. The van der Waals surface area contributed by atoms with Crippen LogP contribution in [0.1, 0.15) is 25.6 Å². The number of hydrogen-bond acceptors (Lipinski definition) is 9. The molecule has 0 saturated carbocycles. The van der Waals surface area contributed by atoms with Gasteiger partial charge in [-0.3, -0.25) is 9.80 Å². The minimum absolute atomic E-state index is 0.0108. The van der Waals surface area contributed by atoms with Gasteiger partial charge in [-0.1, -0.05) is 50.8 Å². The van der Waals surface area contributed by atoms with Crippen LogP contribution in [-0.4, -0.2) is 78.3 Å². The van der Waals surface area contributed by atoms with Crippen LogP contribution >= 0.6 is 11.3 Å². The Morgan fingerprint density at radius 2 is 2.03 bits per heavy atom. The highest BCUT2D eigenvalue weighted by molar-refractivity contribution is 7.18. The molecular weight excluding hydrogens is 462 g/mol. The van der Waals surface area contributed by atoms with Crippen LogP contribution in [0.3, 0.4) is 0 Å². The number of ether oxygens (including phenoxy) is 1. The molecule has 2 aromatic heterocycles. The molecule has 2 aromatic rings. The van der Waals surface area contributed by atoms with E-state index in [2.05, 4.69) is 44.8 Å². The molecule has 0 spiro atoms. The number of amides is 1. The highest BCUT2D eigenvalue weighted by Gasteiger charge is 2.23. The topological polar surface area (TPSA) is 86.5 Å². The molecule has 0 bridgehead atoms. The van der Waals surface area contributed by atoms with Crippen molar-refractivity contribution in [2.24, 2.45) is 10.3 Å². The number of hydrogen-bond donors (Lipinski definition) is 0. The lowest BCUT2D eigenvalue weighted by molar-refractivity contribution is -0.136. The maximum absolute atomic E-state index is 12.6. The fourth-order valence-corrected chi connectivity index (χ4v) is 4.67. The average molecular weight is 498 g/mol. The molecule has 1 amide bonds. The Bertz CT molecular complexity index is 1070. The third-order valence-electron chi connectivity index (χ3n) is 5.52. The third-order valence-corrected chi connectivity index (χ3v) is 6.71. The van der Waals surface area contributed by atoms with Crippen molar-refractivity contribution in [3.8, 4) is 0 Å². The molecule has 4 heterocycles. The Kier molecular flexibility index (Phi) is 10.4. The van der Waals surface area contributed by atoms with Gasteiger partial charge in [-0.05, 0) is 18.1 Å². The summed E-state index contributed by atoms with van der Waals surface area (Å²) in [5.41, 5.74) is 1.05. The summed E-state index contributed by atoms with van der Waals surface area (Å²) in [6, 6.07) is 2.19. The van der Waals surface area contributed by atoms with Gasteiger partial charge < -0.3 is 14.5 Å². The molecule has 0 unspecified atom stereocenters. The maximum atomic E-state index is 12.6. The average Bonchev–Trinajstić information content (AvgIpc) is 3.35. The molecule has 0 radical (unpaired) electrons. The zero-order chi connectivity index (χ0) is 25.0. The standard InChI is InChI=1S/C23H29N7O2S.C2H6/c1-3-5-6-18-14-26-27-30(15-18)11-12-32-16-21(31)28-7-9-29(10-8-28)22-20-13-19(4-2)33-23(20)25-17-24-22;1-2/h3,5-6,13,15,17H,1,4,7-12,14,16H2,2H3;1-2H3/b6-5-;. The summed E-state index contributed by atoms with van der Waals surface area (Å²) in [6.45, 7) is 14.2. The van der Waals surface area contributed by atoms with Gasteiger partial charge >= 0.3 is 0 Å². The Balaban J connectivity index is 0.00000167. The largest absolute Gasteiger partial charge is 0.370 e. The lowest BCUT2D eigenvalue weighted by Gasteiger charge is -2.35. The molecular formula is C25H35N7O2S. The van der Waals surface area contributed by atoms with Crippen LogP contribution in [-0.2, 0) is 16.0 Å². The van der Waals surface area contributed by atoms with E-state index in [4.69, 9.17) is 4.74 Å². The van der Waals surface area contributed by atoms with Gasteiger partial charge in [0.2, 0.25) is 5.91 Å². The molecule has 10 heteroatoms. The van der Waals surface area contributed by atoms with Crippen LogP contribution in [0.4, 0.5) is 5.82 Å². The molecule has 9 nitrogen and oxygen atoms in total. The van der Waals surface area contributed by atoms with Crippen molar-refractivity contribution in [3.05, 3.63) is 53.9 Å². The summed E-state index contributed by atoms with van der Waals surface area (Å²) < 4.78 is 5.62. The number of carbonyl (C=O) groups is 1. The molecule has 35 heavy (non-hydrogen) atoms. The number of rotatable bonds is 9. The van der Waals surface area contributed by atoms with Crippen molar-refractivity contribution in [2.75, 3.05) is 57.4 Å². The van der Waals surface area contributed by atoms with Gasteiger partial charge in [0.05, 0.1) is 25.1 Å². The molecule has 4 rings (SSSR count).